The molecule has 1 rings (SSSR count). The lowest BCUT2D eigenvalue weighted by molar-refractivity contribution is -0.141. The van der Waals surface area contributed by atoms with E-state index in [-0.39, 0.29) is 11.4 Å². The summed E-state index contributed by atoms with van der Waals surface area (Å²) in [6.07, 6.45) is 15.0. The molecule has 0 saturated heterocycles. The molecule has 1 heterocycles. The molecule has 2 heteroatoms. The molecular weight excluding hydrogens is 236 g/mol. The molecule has 0 aromatic rings. The van der Waals surface area contributed by atoms with E-state index in [1.807, 2.05) is 0 Å². The van der Waals surface area contributed by atoms with Crippen molar-refractivity contribution in [3.63, 3.8) is 0 Å². The highest BCUT2D eigenvalue weighted by molar-refractivity contribution is 5.84. The number of hydrogen-bond donors (Lipinski definition) is 0. The van der Waals surface area contributed by atoms with Crippen molar-refractivity contribution < 1.29 is 9.53 Å². The fourth-order valence-corrected chi connectivity index (χ4v) is 2.23. The van der Waals surface area contributed by atoms with Crippen LogP contribution in [0.4, 0.5) is 0 Å². The van der Waals surface area contributed by atoms with E-state index in [9.17, 15) is 4.79 Å². The van der Waals surface area contributed by atoms with Gasteiger partial charge in [0.1, 0.15) is 6.61 Å². The molecule has 1 aliphatic heterocycles. The van der Waals surface area contributed by atoms with E-state index < -0.39 is 0 Å². The van der Waals surface area contributed by atoms with Crippen LogP contribution in [0.1, 0.15) is 65.7 Å². The van der Waals surface area contributed by atoms with Crippen LogP contribution in [0.5, 0.6) is 0 Å². The molecule has 1 aliphatic rings. The van der Waals surface area contributed by atoms with Gasteiger partial charge in [-0.05, 0) is 18.4 Å². The van der Waals surface area contributed by atoms with Crippen LogP contribution in [-0.2, 0) is 9.53 Å². The minimum Gasteiger partial charge on any atom is -0.462 e. The minimum atomic E-state index is -0.210. The maximum atomic E-state index is 11.3. The summed E-state index contributed by atoms with van der Waals surface area (Å²) in [6.45, 7) is 6.95. The van der Waals surface area contributed by atoms with Crippen molar-refractivity contribution in [2.45, 2.75) is 65.7 Å². The van der Waals surface area contributed by atoms with Gasteiger partial charge in [-0.2, -0.15) is 0 Å². The van der Waals surface area contributed by atoms with Gasteiger partial charge in [-0.3, -0.25) is 0 Å². The van der Waals surface area contributed by atoms with E-state index in [1.54, 1.807) is 6.08 Å². The Morgan fingerprint density at radius 2 is 1.89 bits per heavy atom. The van der Waals surface area contributed by atoms with Crippen LogP contribution in [0.15, 0.2) is 23.8 Å². The molecule has 0 aromatic carbocycles. The highest BCUT2D eigenvalue weighted by Gasteiger charge is 2.28. The quantitative estimate of drug-likeness (QED) is 0.465. The van der Waals surface area contributed by atoms with Gasteiger partial charge in [-0.15, -0.1) is 0 Å². The Hall–Kier alpha value is -1.05. The monoisotopic (exact) mass is 264 g/mol. The summed E-state index contributed by atoms with van der Waals surface area (Å²) in [6, 6.07) is 0. The first-order valence-corrected chi connectivity index (χ1v) is 7.62. The fraction of sp³-hybridized carbons (Fsp3) is 0.706. The number of rotatable bonds is 8. The maximum Gasteiger partial charge on any atom is 0.331 e. The summed E-state index contributed by atoms with van der Waals surface area (Å²) in [5.74, 6) is -0.210. The first kappa shape index (κ1) is 16.0. The topological polar surface area (TPSA) is 26.3 Å². The third-order valence-corrected chi connectivity index (χ3v) is 3.65. The van der Waals surface area contributed by atoms with Gasteiger partial charge in [-0.25, -0.2) is 4.79 Å². The van der Waals surface area contributed by atoms with Crippen LogP contribution in [-0.4, -0.2) is 12.6 Å². The lowest BCUT2D eigenvalue weighted by atomic mass is 9.83. The van der Waals surface area contributed by atoms with Crippen LogP contribution in [0.2, 0.25) is 0 Å². The Bertz CT molecular complexity index is 337. The van der Waals surface area contributed by atoms with Crippen LogP contribution in [0.25, 0.3) is 0 Å². The molecular formula is C17H28O2. The standard InChI is InChI=1S/C17H28O2/c1-4-5-6-7-8-9-10-11-12-15-13-16(18)19-14-17(15,2)3/h11-13H,4-10,14H2,1-3H3/b12-11-. The predicted molar refractivity (Wildman–Crippen MR) is 80.0 cm³/mol. The SMILES string of the molecule is CCCCCCCC/C=C\C1=CC(=O)OCC1(C)C. The summed E-state index contributed by atoms with van der Waals surface area (Å²) in [7, 11) is 0. The number of unbranched alkanes of at least 4 members (excludes halogenated alkanes) is 6. The van der Waals surface area contributed by atoms with Crippen molar-refractivity contribution in [1.82, 2.24) is 0 Å². The second-order valence-corrected chi connectivity index (χ2v) is 6.05. The molecule has 2 nitrogen and oxygen atoms in total. The van der Waals surface area contributed by atoms with Gasteiger partial charge in [0.25, 0.3) is 0 Å². The summed E-state index contributed by atoms with van der Waals surface area (Å²) in [5.41, 5.74) is 1.04. The van der Waals surface area contributed by atoms with Crippen LogP contribution < -0.4 is 0 Å². The Morgan fingerprint density at radius 3 is 2.63 bits per heavy atom. The molecule has 19 heavy (non-hydrogen) atoms. The van der Waals surface area contributed by atoms with E-state index in [4.69, 9.17) is 4.74 Å². The Balaban J connectivity index is 2.26. The highest BCUT2D eigenvalue weighted by Crippen LogP contribution is 2.31. The number of esters is 1. The van der Waals surface area contributed by atoms with Crippen molar-refractivity contribution in [2.24, 2.45) is 5.41 Å². The van der Waals surface area contributed by atoms with Crippen molar-refractivity contribution in [3.05, 3.63) is 23.8 Å². The lowest BCUT2D eigenvalue weighted by Gasteiger charge is -2.29. The van der Waals surface area contributed by atoms with Gasteiger partial charge in [-0.1, -0.05) is 65.0 Å². The molecule has 0 N–H and O–H groups in total. The zero-order chi connectivity index (χ0) is 14.1. The van der Waals surface area contributed by atoms with Gasteiger partial charge < -0.3 is 4.74 Å². The molecule has 108 valence electrons. The normalized spacial score (nSPS) is 18.5. The van der Waals surface area contributed by atoms with Crippen LogP contribution >= 0.6 is 0 Å². The van der Waals surface area contributed by atoms with Crippen molar-refractivity contribution in [3.8, 4) is 0 Å². The van der Waals surface area contributed by atoms with Crippen LogP contribution in [0, 0.1) is 5.41 Å². The van der Waals surface area contributed by atoms with E-state index in [1.165, 1.54) is 38.5 Å². The predicted octanol–water partition coefficient (Wildman–Crippen LogP) is 4.80. The van der Waals surface area contributed by atoms with Crippen molar-refractivity contribution in [1.29, 1.82) is 0 Å². The van der Waals surface area contributed by atoms with Gasteiger partial charge in [0.05, 0.1) is 0 Å². The number of carbonyl (C=O) groups is 1. The maximum absolute atomic E-state index is 11.3. The second kappa shape index (κ2) is 8.19. The Labute approximate surface area is 117 Å². The Kier molecular flexibility index (Phi) is 6.90. The summed E-state index contributed by atoms with van der Waals surface area (Å²) < 4.78 is 5.06. The molecule has 0 saturated carbocycles. The molecule has 0 aromatic heterocycles. The molecule has 0 amide bonds. The zero-order valence-corrected chi connectivity index (χ0v) is 12.7. The molecule has 0 atom stereocenters. The molecule has 0 fully saturated rings. The molecule has 0 unspecified atom stereocenters. The highest BCUT2D eigenvalue weighted by atomic mass is 16.5. The van der Waals surface area contributed by atoms with Crippen molar-refractivity contribution in [2.75, 3.05) is 6.61 Å². The van der Waals surface area contributed by atoms with E-state index in [0.717, 1.165) is 12.0 Å². The summed E-state index contributed by atoms with van der Waals surface area (Å²) in [4.78, 5) is 11.3. The summed E-state index contributed by atoms with van der Waals surface area (Å²) >= 11 is 0. The average Bonchev–Trinajstić information content (AvgIpc) is 2.37. The van der Waals surface area contributed by atoms with Gasteiger partial charge in [0.15, 0.2) is 0 Å². The fourth-order valence-electron chi connectivity index (χ4n) is 2.23. The molecule has 0 spiro atoms. The minimum absolute atomic E-state index is 0.0501. The van der Waals surface area contributed by atoms with Crippen molar-refractivity contribution >= 4 is 5.97 Å². The lowest BCUT2D eigenvalue weighted by Crippen LogP contribution is -2.28. The van der Waals surface area contributed by atoms with E-state index >= 15 is 0 Å². The average molecular weight is 264 g/mol. The largest absolute Gasteiger partial charge is 0.462 e. The number of ether oxygens (including phenoxy) is 1. The third kappa shape index (κ3) is 6.09. The number of hydrogen-bond acceptors (Lipinski definition) is 2. The van der Waals surface area contributed by atoms with Gasteiger partial charge in [0.2, 0.25) is 0 Å². The van der Waals surface area contributed by atoms with Crippen LogP contribution in [0.3, 0.4) is 0 Å². The smallest absolute Gasteiger partial charge is 0.331 e. The second-order valence-electron chi connectivity index (χ2n) is 6.05. The van der Waals surface area contributed by atoms with E-state index in [2.05, 4.69) is 32.9 Å². The zero-order valence-electron chi connectivity index (χ0n) is 12.7. The number of cyclic esters (lactones) is 1. The first-order valence-electron chi connectivity index (χ1n) is 7.62. The van der Waals surface area contributed by atoms with Gasteiger partial charge in [0, 0.05) is 11.5 Å². The number of allylic oxidation sites excluding steroid dienone is 2. The molecule has 0 aliphatic carbocycles. The third-order valence-electron chi connectivity index (χ3n) is 3.65. The molecule has 0 bridgehead atoms. The molecule has 0 radical (unpaired) electrons. The van der Waals surface area contributed by atoms with E-state index in [0.29, 0.717) is 6.61 Å². The summed E-state index contributed by atoms with van der Waals surface area (Å²) in [5, 5.41) is 0. The van der Waals surface area contributed by atoms with Gasteiger partial charge >= 0.3 is 5.97 Å². The first-order chi connectivity index (χ1) is 9.06. The Morgan fingerprint density at radius 1 is 1.21 bits per heavy atom. The number of carbonyl (C=O) groups excluding carboxylic acids is 1.